The van der Waals surface area contributed by atoms with Crippen LogP contribution in [-0.4, -0.2) is 22.9 Å². The van der Waals surface area contributed by atoms with E-state index in [9.17, 15) is 23.1 Å². The van der Waals surface area contributed by atoms with Gasteiger partial charge >= 0.3 is 0 Å². The summed E-state index contributed by atoms with van der Waals surface area (Å²) in [6.07, 6.45) is 0.214. The molecule has 3 aromatic carbocycles. The third-order valence-electron chi connectivity index (χ3n) is 4.62. The van der Waals surface area contributed by atoms with E-state index in [1.54, 1.807) is 0 Å². The number of rotatable bonds is 4. The first kappa shape index (κ1) is 18.0. The number of hydrogen-bond acceptors (Lipinski definition) is 5. The van der Waals surface area contributed by atoms with Gasteiger partial charge < -0.3 is 0 Å². The highest BCUT2D eigenvalue weighted by Crippen LogP contribution is 2.31. The highest BCUT2D eigenvalue weighted by molar-refractivity contribution is 7.85. The van der Waals surface area contributed by atoms with Gasteiger partial charge in [-0.25, -0.2) is 4.98 Å². The lowest BCUT2D eigenvalue weighted by atomic mass is 9.95. The van der Waals surface area contributed by atoms with E-state index in [-0.39, 0.29) is 12.1 Å². The molecular formula is C20H14N2O5S. The molecule has 0 radical (unpaired) electrons. The molecule has 0 aliphatic heterocycles. The molecule has 0 aliphatic carbocycles. The highest BCUT2D eigenvalue weighted by atomic mass is 32.2. The van der Waals surface area contributed by atoms with Crippen molar-refractivity contribution in [2.75, 3.05) is 0 Å². The molecule has 1 aromatic heterocycles. The SMILES string of the molecule is O=[N+]([O-])c1cc(S(=O)(=O)O)ccc1Cc1c2ccccc2nc2ccccc12. The van der Waals surface area contributed by atoms with E-state index in [4.69, 9.17) is 0 Å². The molecule has 140 valence electrons. The Labute approximate surface area is 160 Å². The van der Waals surface area contributed by atoms with Crippen LogP contribution in [0.1, 0.15) is 11.1 Å². The van der Waals surface area contributed by atoms with E-state index in [0.717, 1.165) is 33.4 Å². The standard InChI is InChI=1S/C20H14N2O5S/c23-22(24)20-12-14(28(25,26)27)10-9-13(20)11-17-15-5-1-3-7-18(15)21-19-8-4-2-6-16(17)19/h1-10,12H,11H2,(H,25,26,27). The molecule has 8 heteroatoms. The molecule has 0 aliphatic rings. The lowest BCUT2D eigenvalue weighted by Gasteiger charge is -2.11. The fraction of sp³-hybridized carbons (Fsp3) is 0.0500. The average Bonchev–Trinajstić information content (AvgIpc) is 2.67. The van der Waals surface area contributed by atoms with Crippen LogP contribution in [-0.2, 0) is 16.5 Å². The van der Waals surface area contributed by atoms with Crippen LogP contribution in [0.25, 0.3) is 21.8 Å². The quantitative estimate of drug-likeness (QED) is 0.241. The van der Waals surface area contributed by atoms with Gasteiger partial charge in [0.25, 0.3) is 15.8 Å². The molecule has 0 amide bonds. The lowest BCUT2D eigenvalue weighted by molar-refractivity contribution is -0.385. The van der Waals surface area contributed by atoms with E-state index >= 15 is 0 Å². The zero-order valence-corrected chi connectivity index (χ0v) is 15.3. The minimum atomic E-state index is -4.53. The topological polar surface area (TPSA) is 110 Å². The molecule has 0 saturated heterocycles. The number of benzene rings is 3. The Morgan fingerprint density at radius 1 is 0.929 bits per heavy atom. The van der Waals surface area contributed by atoms with Crippen LogP contribution in [0.3, 0.4) is 0 Å². The number of hydrogen-bond donors (Lipinski definition) is 1. The van der Waals surface area contributed by atoms with Crippen molar-refractivity contribution < 1.29 is 17.9 Å². The maximum Gasteiger partial charge on any atom is 0.294 e. The van der Waals surface area contributed by atoms with Crippen molar-refractivity contribution in [1.82, 2.24) is 4.98 Å². The molecule has 0 atom stereocenters. The number of nitrogens with zero attached hydrogens (tertiary/aromatic N) is 2. The Bertz CT molecular complexity index is 1300. The second kappa shape index (κ2) is 6.66. The molecule has 0 spiro atoms. The second-order valence-corrected chi connectivity index (χ2v) is 7.75. The number of aromatic nitrogens is 1. The van der Waals surface area contributed by atoms with Crippen LogP contribution in [0.2, 0.25) is 0 Å². The van der Waals surface area contributed by atoms with Crippen LogP contribution in [0.4, 0.5) is 5.69 Å². The molecule has 0 fully saturated rings. The summed E-state index contributed by atoms with van der Waals surface area (Å²) in [7, 11) is -4.53. The van der Waals surface area contributed by atoms with Crippen LogP contribution in [0, 0.1) is 10.1 Å². The molecular weight excluding hydrogens is 380 g/mol. The summed E-state index contributed by atoms with van der Waals surface area (Å²) in [5, 5.41) is 13.3. The first-order valence-corrected chi connectivity index (χ1v) is 9.80. The van der Waals surface area contributed by atoms with E-state index in [0.29, 0.717) is 5.56 Å². The van der Waals surface area contributed by atoms with Crippen molar-refractivity contribution in [2.24, 2.45) is 0 Å². The van der Waals surface area contributed by atoms with Gasteiger partial charge in [0, 0.05) is 28.8 Å². The van der Waals surface area contributed by atoms with Crippen molar-refractivity contribution in [3.05, 3.63) is 88.0 Å². The van der Waals surface area contributed by atoms with Gasteiger partial charge in [0.15, 0.2) is 0 Å². The fourth-order valence-corrected chi connectivity index (χ4v) is 3.83. The van der Waals surface area contributed by atoms with Gasteiger partial charge in [-0.2, -0.15) is 8.42 Å². The maximum atomic E-state index is 11.5. The lowest BCUT2D eigenvalue weighted by Crippen LogP contribution is -2.03. The number of pyridine rings is 1. The smallest absolute Gasteiger partial charge is 0.282 e. The molecule has 28 heavy (non-hydrogen) atoms. The van der Waals surface area contributed by atoms with E-state index in [1.165, 1.54) is 12.1 Å². The Balaban J connectivity index is 1.96. The summed E-state index contributed by atoms with van der Waals surface area (Å²) in [6, 6.07) is 18.5. The Morgan fingerprint density at radius 2 is 1.50 bits per heavy atom. The Morgan fingerprint density at radius 3 is 2.04 bits per heavy atom. The molecule has 0 saturated carbocycles. The summed E-state index contributed by atoms with van der Waals surface area (Å²) in [5.41, 5.74) is 2.39. The van der Waals surface area contributed by atoms with E-state index in [2.05, 4.69) is 4.98 Å². The second-order valence-electron chi connectivity index (χ2n) is 6.32. The van der Waals surface area contributed by atoms with Gasteiger partial charge in [0.2, 0.25) is 0 Å². The first-order chi connectivity index (χ1) is 13.3. The van der Waals surface area contributed by atoms with E-state index in [1.807, 2.05) is 48.5 Å². The summed E-state index contributed by atoms with van der Waals surface area (Å²) >= 11 is 0. The third kappa shape index (κ3) is 3.19. The van der Waals surface area contributed by atoms with Crippen LogP contribution in [0.5, 0.6) is 0 Å². The van der Waals surface area contributed by atoms with Crippen LogP contribution >= 0.6 is 0 Å². The number of nitro benzene ring substituents is 1. The Kier molecular flexibility index (Phi) is 4.29. The fourth-order valence-electron chi connectivity index (χ4n) is 3.33. The predicted octanol–water partition coefficient (Wildman–Crippen LogP) is 4.13. The summed E-state index contributed by atoms with van der Waals surface area (Å²) in [6.45, 7) is 0. The molecule has 0 bridgehead atoms. The predicted molar refractivity (Wildman–Crippen MR) is 105 cm³/mol. The largest absolute Gasteiger partial charge is 0.294 e. The monoisotopic (exact) mass is 394 g/mol. The molecule has 7 nitrogen and oxygen atoms in total. The minimum Gasteiger partial charge on any atom is -0.282 e. The normalized spacial score (nSPS) is 11.8. The minimum absolute atomic E-state index is 0.214. The first-order valence-electron chi connectivity index (χ1n) is 8.36. The van der Waals surface area contributed by atoms with Crippen LogP contribution < -0.4 is 0 Å². The van der Waals surface area contributed by atoms with Crippen molar-refractivity contribution >= 4 is 37.6 Å². The number of nitro groups is 1. The summed E-state index contributed by atoms with van der Waals surface area (Å²) in [4.78, 5) is 15.0. The van der Waals surface area contributed by atoms with E-state index < -0.39 is 19.9 Å². The molecule has 1 heterocycles. The number of para-hydroxylation sites is 2. The van der Waals surface area contributed by atoms with Gasteiger partial charge in [-0.1, -0.05) is 42.5 Å². The van der Waals surface area contributed by atoms with Crippen molar-refractivity contribution in [3.63, 3.8) is 0 Å². The van der Waals surface area contributed by atoms with Gasteiger partial charge in [0.05, 0.1) is 16.0 Å². The van der Waals surface area contributed by atoms with Gasteiger partial charge in [-0.15, -0.1) is 0 Å². The van der Waals surface area contributed by atoms with Gasteiger partial charge in [-0.05, 0) is 23.8 Å². The highest BCUT2D eigenvalue weighted by Gasteiger charge is 2.21. The van der Waals surface area contributed by atoms with Gasteiger partial charge in [-0.3, -0.25) is 14.7 Å². The Hall–Kier alpha value is -3.36. The molecule has 1 N–H and O–H groups in total. The maximum absolute atomic E-state index is 11.5. The summed E-state index contributed by atoms with van der Waals surface area (Å²) in [5.74, 6) is 0. The average molecular weight is 394 g/mol. The van der Waals surface area contributed by atoms with Gasteiger partial charge in [0.1, 0.15) is 4.90 Å². The third-order valence-corrected chi connectivity index (χ3v) is 5.47. The zero-order valence-electron chi connectivity index (χ0n) is 14.4. The molecule has 4 aromatic rings. The van der Waals surface area contributed by atoms with Crippen molar-refractivity contribution in [1.29, 1.82) is 0 Å². The molecule has 4 rings (SSSR count). The zero-order chi connectivity index (χ0) is 19.9. The van der Waals surface area contributed by atoms with Crippen molar-refractivity contribution in [3.8, 4) is 0 Å². The number of fused-ring (bicyclic) bond motifs is 2. The van der Waals surface area contributed by atoms with Crippen LogP contribution in [0.15, 0.2) is 71.6 Å². The molecule has 0 unspecified atom stereocenters. The van der Waals surface area contributed by atoms with Crippen molar-refractivity contribution in [2.45, 2.75) is 11.3 Å². The summed E-state index contributed by atoms with van der Waals surface area (Å²) < 4.78 is 31.9.